The number of nitrogens with one attached hydrogen (secondary N) is 3. The molecule has 0 spiro atoms. The van der Waals surface area contributed by atoms with Crippen LogP contribution in [-0.4, -0.2) is 99.1 Å². The lowest BCUT2D eigenvalue weighted by Gasteiger charge is -2.41. The summed E-state index contributed by atoms with van der Waals surface area (Å²) < 4.78 is 5.49. The third kappa shape index (κ3) is 11.1. The van der Waals surface area contributed by atoms with E-state index in [2.05, 4.69) is 33.0 Å². The fourth-order valence-corrected chi connectivity index (χ4v) is 10.2. The highest BCUT2D eigenvalue weighted by atomic mass is 32.1. The molecular formula is C52H64N8O7S. The zero-order valence-corrected chi connectivity index (χ0v) is 41.1. The zero-order chi connectivity index (χ0) is 48.9. The maximum atomic E-state index is 14.4. The van der Waals surface area contributed by atoms with E-state index in [0.717, 1.165) is 68.9 Å². The van der Waals surface area contributed by atoms with Crippen LogP contribution in [0.5, 0.6) is 0 Å². The van der Waals surface area contributed by atoms with E-state index in [-0.39, 0.29) is 38.5 Å². The molecule has 7 rings (SSSR count). The predicted molar refractivity (Wildman–Crippen MR) is 263 cm³/mol. The van der Waals surface area contributed by atoms with Gasteiger partial charge in [0.2, 0.25) is 23.6 Å². The summed E-state index contributed by atoms with van der Waals surface area (Å²) in [6, 6.07) is 19.8. The summed E-state index contributed by atoms with van der Waals surface area (Å²) in [5.74, 6) is -1.08. The molecule has 4 N–H and O–H groups in total. The van der Waals surface area contributed by atoms with Crippen molar-refractivity contribution in [2.75, 3.05) is 25.0 Å². The number of aliphatic hydroxyl groups is 1. The average molecular weight is 945 g/mol. The van der Waals surface area contributed by atoms with E-state index in [1.54, 1.807) is 28.2 Å². The van der Waals surface area contributed by atoms with Gasteiger partial charge in [-0.3, -0.25) is 24.1 Å². The van der Waals surface area contributed by atoms with Crippen LogP contribution in [-0.2, 0) is 25.7 Å². The van der Waals surface area contributed by atoms with Gasteiger partial charge in [-0.1, -0.05) is 113 Å². The quantitative estimate of drug-likeness (QED) is 0.0680. The lowest BCUT2D eigenvalue weighted by atomic mass is 9.85. The second-order valence-electron chi connectivity index (χ2n) is 19.2. The van der Waals surface area contributed by atoms with E-state index in [9.17, 15) is 29.1 Å². The third-order valence-electron chi connectivity index (χ3n) is 12.9. The van der Waals surface area contributed by atoms with Crippen molar-refractivity contribution in [1.29, 1.82) is 0 Å². The predicted octanol–water partition coefficient (Wildman–Crippen LogP) is 7.62. The Bertz CT molecular complexity index is 2590. The van der Waals surface area contributed by atoms with E-state index in [1.807, 2.05) is 120 Å². The van der Waals surface area contributed by atoms with Crippen molar-refractivity contribution in [1.82, 2.24) is 35.9 Å². The Hall–Kier alpha value is -6.39. The minimum absolute atomic E-state index is 0.0576. The van der Waals surface area contributed by atoms with Crippen molar-refractivity contribution in [3.63, 3.8) is 0 Å². The number of rotatable bonds is 17. The first kappa shape index (κ1) is 49.5. The Balaban J connectivity index is 1.04. The number of aromatic nitrogens is 2. The van der Waals surface area contributed by atoms with Crippen LogP contribution in [0.15, 0.2) is 82.8 Å². The summed E-state index contributed by atoms with van der Waals surface area (Å²) in [7, 11) is 1.69. The number of aliphatic hydroxyl groups excluding tert-OH is 1. The molecule has 1 fully saturated rings. The van der Waals surface area contributed by atoms with Gasteiger partial charge in [0.15, 0.2) is 0 Å². The Morgan fingerprint density at radius 1 is 0.926 bits per heavy atom. The summed E-state index contributed by atoms with van der Waals surface area (Å²) in [4.78, 5) is 80.6. The smallest absolute Gasteiger partial charge is 0.325 e. The molecule has 68 heavy (non-hydrogen) atoms. The fourth-order valence-electron chi connectivity index (χ4n) is 9.38. The van der Waals surface area contributed by atoms with Gasteiger partial charge >= 0.3 is 6.03 Å². The number of urea groups is 1. The molecule has 15 nitrogen and oxygen atoms in total. The summed E-state index contributed by atoms with van der Waals surface area (Å²) in [5, 5.41) is 23.9. The molecule has 2 aliphatic heterocycles. The highest BCUT2D eigenvalue weighted by Crippen LogP contribution is 2.43. The van der Waals surface area contributed by atoms with Crippen LogP contribution in [0.3, 0.4) is 0 Å². The number of nitrogens with zero attached hydrogens (tertiary/aromatic N) is 5. The van der Waals surface area contributed by atoms with Crippen molar-refractivity contribution in [2.24, 2.45) is 5.41 Å². The number of β-amino-alcohol motifs (C(OH)–C–C–N with tert-alkyl or cyclic N) is 1. The Kier molecular flexibility index (Phi) is 15.5. The second-order valence-corrected chi connectivity index (χ2v) is 20.0. The molecule has 1 saturated heterocycles. The SMILES string of the molecule is CCCCCC(CC(=O)N[C@H](C(=O)N1C[C@H](O)C[C@H]1C(=O)NCc1ccc(-c2scnc2C)cc1)C(C)(C)C)NC(=O)CN1C(=O)N(C)c2ccc(-c3c(C)noc3C)cc2C1c1ccccc1. The molecule has 6 amide bonds. The van der Waals surface area contributed by atoms with E-state index in [1.165, 1.54) is 4.90 Å². The van der Waals surface area contributed by atoms with Gasteiger partial charge < -0.3 is 35.4 Å². The van der Waals surface area contributed by atoms with Gasteiger partial charge in [-0.15, -0.1) is 11.3 Å². The maximum absolute atomic E-state index is 14.4. The number of unbranched alkanes of at least 4 members (excludes halogenated alkanes) is 2. The highest BCUT2D eigenvalue weighted by Gasteiger charge is 2.45. The monoisotopic (exact) mass is 944 g/mol. The number of aryl methyl sites for hydroxylation is 3. The molecule has 5 atom stereocenters. The van der Waals surface area contributed by atoms with Crippen LogP contribution in [0.1, 0.15) is 106 Å². The molecule has 0 aliphatic carbocycles. The summed E-state index contributed by atoms with van der Waals surface area (Å²) >= 11 is 1.57. The maximum Gasteiger partial charge on any atom is 0.325 e. The van der Waals surface area contributed by atoms with Gasteiger partial charge in [-0.2, -0.15) is 0 Å². The Labute approximate surface area is 402 Å². The number of likely N-dealkylation sites (tertiary alicyclic amines) is 1. The van der Waals surface area contributed by atoms with Crippen LogP contribution in [0.2, 0.25) is 0 Å². The largest absolute Gasteiger partial charge is 0.391 e. The first-order chi connectivity index (χ1) is 32.4. The number of anilines is 1. The second kappa shape index (κ2) is 21.3. The highest BCUT2D eigenvalue weighted by molar-refractivity contribution is 7.13. The van der Waals surface area contributed by atoms with Gasteiger partial charge in [0.25, 0.3) is 0 Å². The van der Waals surface area contributed by atoms with Gasteiger partial charge in [0.1, 0.15) is 24.4 Å². The van der Waals surface area contributed by atoms with Crippen LogP contribution < -0.4 is 20.9 Å². The van der Waals surface area contributed by atoms with Crippen LogP contribution in [0.25, 0.3) is 21.6 Å². The third-order valence-corrected chi connectivity index (χ3v) is 13.9. The van der Waals surface area contributed by atoms with E-state index in [4.69, 9.17) is 4.52 Å². The molecule has 16 heteroatoms. The Morgan fingerprint density at radius 2 is 1.65 bits per heavy atom. The van der Waals surface area contributed by atoms with Gasteiger partial charge in [-0.25, -0.2) is 9.78 Å². The first-order valence-electron chi connectivity index (χ1n) is 23.5. The first-order valence-corrected chi connectivity index (χ1v) is 24.3. The van der Waals surface area contributed by atoms with Crippen molar-refractivity contribution in [2.45, 2.75) is 124 Å². The van der Waals surface area contributed by atoms with Crippen LogP contribution in [0.4, 0.5) is 10.5 Å². The lowest BCUT2D eigenvalue weighted by Crippen LogP contribution is -2.58. The molecule has 5 aromatic rings. The van der Waals surface area contributed by atoms with Crippen LogP contribution in [0, 0.1) is 26.2 Å². The van der Waals surface area contributed by atoms with Crippen LogP contribution >= 0.6 is 11.3 Å². The number of carbonyl (C=O) groups is 5. The molecule has 360 valence electrons. The molecule has 2 aliphatic rings. The van der Waals surface area contributed by atoms with Crippen molar-refractivity contribution in [3.05, 3.63) is 112 Å². The molecule has 0 saturated carbocycles. The summed E-state index contributed by atoms with van der Waals surface area (Å²) in [5.41, 5.74) is 8.75. The van der Waals surface area contributed by atoms with Crippen molar-refractivity contribution >= 4 is 46.7 Å². The van der Waals surface area contributed by atoms with E-state index >= 15 is 0 Å². The van der Waals surface area contributed by atoms with E-state index < -0.39 is 59.3 Å². The van der Waals surface area contributed by atoms with Gasteiger partial charge in [0.05, 0.1) is 39.6 Å². The minimum Gasteiger partial charge on any atom is -0.391 e. The standard InChI is InChI=1S/C52H64N8O7S/c1-9-10-12-17-38(55-44(63)29-60-46(35-15-13-11-14-16-35)40-24-37(45-31(2)57-67-33(45)4)22-23-41(40)58(8)51(60)66)25-43(62)56-48(52(5,6)7)50(65)59-28-39(61)26-42(59)49(64)53-27-34-18-20-36(21-19-34)47-32(3)54-30-68-47/h11,13-16,18-24,30,38-39,42,46,48,61H,9-10,12,17,25-29H2,1-8H3,(H,53,64)(H,55,63)(H,56,62)/t38?,39-,42+,46?,48-/m1/s1. The Morgan fingerprint density at radius 3 is 2.29 bits per heavy atom. The zero-order valence-electron chi connectivity index (χ0n) is 40.3. The molecular weight excluding hydrogens is 881 g/mol. The molecule has 3 aromatic carbocycles. The molecule has 2 unspecified atom stereocenters. The number of amides is 6. The number of fused-ring (bicyclic) bond motifs is 1. The van der Waals surface area contributed by atoms with Gasteiger partial charge in [0, 0.05) is 50.1 Å². The molecule has 0 radical (unpaired) electrons. The molecule has 4 heterocycles. The normalized spacial score (nSPS) is 18.0. The lowest BCUT2D eigenvalue weighted by molar-refractivity contribution is -0.144. The number of thiazole rings is 1. The number of hydrogen-bond acceptors (Lipinski definition) is 10. The summed E-state index contributed by atoms with van der Waals surface area (Å²) in [6.07, 6.45) is 2.06. The molecule has 2 aromatic heterocycles. The van der Waals surface area contributed by atoms with Crippen molar-refractivity contribution < 1.29 is 33.6 Å². The van der Waals surface area contributed by atoms with Gasteiger partial charge in [-0.05, 0) is 67.0 Å². The minimum atomic E-state index is -1.05. The number of carbonyl (C=O) groups excluding carboxylic acids is 5. The average Bonchev–Trinajstić information content (AvgIpc) is 4.02. The number of hydrogen-bond donors (Lipinski definition) is 4. The fraction of sp³-hybridized carbons (Fsp3) is 0.442. The van der Waals surface area contributed by atoms with E-state index in [0.29, 0.717) is 17.9 Å². The topological polar surface area (TPSA) is 190 Å². The molecule has 0 bridgehead atoms. The number of benzene rings is 3. The van der Waals surface area contributed by atoms with Crippen molar-refractivity contribution in [3.8, 4) is 21.6 Å². The summed E-state index contributed by atoms with van der Waals surface area (Å²) in [6.45, 7) is 13.2.